The number of pyridine rings is 1. The summed E-state index contributed by atoms with van der Waals surface area (Å²) in [5.74, 6) is 0. The molecule has 21 heavy (non-hydrogen) atoms. The first-order valence-corrected chi connectivity index (χ1v) is 8.40. The second-order valence-electron chi connectivity index (χ2n) is 6.19. The normalized spacial score (nSPS) is 13.3. The lowest BCUT2D eigenvalue weighted by Crippen LogP contribution is -2.53. The van der Waals surface area contributed by atoms with Crippen molar-refractivity contribution in [3.05, 3.63) is 17.8 Å². The van der Waals surface area contributed by atoms with Crippen LogP contribution in [0.3, 0.4) is 0 Å². The molecule has 0 aromatic carbocycles. The second-order valence-corrected chi connectivity index (χ2v) is 8.15. The van der Waals surface area contributed by atoms with E-state index in [4.69, 9.17) is 4.65 Å². The minimum Gasteiger partial charge on any atom is -0.423 e. The molecular weight excluding hydrogens is 293 g/mol. The fourth-order valence-electron chi connectivity index (χ4n) is 1.49. The highest BCUT2D eigenvalue weighted by Crippen LogP contribution is 2.25. The highest BCUT2D eigenvalue weighted by Gasteiger charge is 2.40. The number of sulfone groups is 1. The Morgan fingerprint density at radius 2 is 1.81 bits per heavy atom. The van der Waals surface area contributed by atoms with Crippen molar-refractivity contribution in [2.75, 3.05) is 6.26 Å². The van der Waals surface area contributed by atoms with Gasteiger partial charge in [0.05, 0.1) is 11.2 Å². The van der Waals surface area contributed by atoms with Gasteiger partial charge >= 0.3 is 7.12 Å². The van der Waals surface area contributed by atoms with E-state index < -0.39 is 28.2 Å². The average molecular weight is 315 g/mol. The molecule has 0 saturated carbocycles. The molecule has 0 spiro atoms. The monoisotopic (exact) mass is 315 g/mol. The Morgan fingerprint density at radius 3 is 2.19 bits per heavy atom. The number of hydrogen-bond acceptors (Lipinski definition) is 6. The van der Waals surface area contributed by atoms with Gasteiger partial charge in [-0.15, -0.1) is 0 Å². The zero-order chi connectivity index (χ0) is 16.6. The second kappa shape index (κ2) is 5.68. The van der Waals surface area contributed by atoms with Crippen LogP contribution in [-0.2, 0) is 14.5 Å². The SMILES string of the molecule is Cc1cc(S(C)(=O)=O)ncc1B(O)OC(C)(C)C(C)(C)O. The van der Waals surface area contributed by atoms with Gasteiger partial charge in [0, 0.05) is 17.9 Å². The van der Waals surface area contributed by atoms with Gasteiger partial charge < -0.3 is 14.8 Å². The number of rotatable bonds is 5. The lowest BCUT2D eigenvalue weighted by Gasteiger charge is -2.38. The maximum absolute atomic E-state index is 11.4. The summed E-state index contributed by atoms with van der Waals surface area (Å²) in [7, 11) is -4.71. The first-order valence-electron chi connectivity index (χ1n) is 6.50. The van der Waals surface area contributed by atoms with Crippen molar-refractivity contribution >= 4 is 22.4 Å². The van der Waals surface area contributed by atoms with E-state index in [1.54, 1.807) is 34.6 Å². The molecule has 1 heterocycles. The molecule has 2 N–H and O–H groups in total. The molecule has 0 amide bonds. The maximum atomic E-state index is 11.4. The smallest absolute Gasteiger partial charge is 0.423 e. The van der Waals surface area contributed by atoms with Crippen molar-refractivity contribution in [1.29, 1.82) is 0 Å². The van der Waals surface area contributed by atoms with E-state index in [0.29, 0.717) is 11.0 Å². The number of hydrogen-bond donors (Lipinski definition) is 2. The topological polar surface area (TPSA) is 96.7 Å². The van der Waals surface area contributed by atoms with Crippen LogP contribution in [0.5, 0.6) is 0 Å². The largest absolute Gasteiger partial charge is 0.493 e. The molecule has 8 heteroatoms. The van der Waals surface area contributed by atoms with E-state index in [-0.39, 0.29) is 5.03 Å². The van der Waals surface area contributed by atoms with E-state index >= 15 is 0 Å². The van der Waals surface area contributed by atoms with Gasteiger partial charge in [-0.2, -0.15) is 0 Å². The van der Waals surface area contributed by atoms with Crippen molar-refractivity contribution in [3.8, 4) is 0 Å². The lowest BCUT2D eigenvalue weighted by atomic mass is 9.75. The van der Waals surface area contributed by atoms with Crippen LogP contribution >= 0.6 is 0 Å². The minimum atomic E-state index is -3.40. The van der Waals surface area contributed by atoms with Crippen LogP contribution in [0, 0.1) is 6.92 Å². The van der Waals surface area contributed by atoms with Crippen LogP contribution in [0.4, 0.5) is 0 Å². The summed E-state index contributed by atoms with van der Waals surface area (Å²) in [6.07, 6.45) is 2.34. The summed E-state index contributed by atoms with van der Waals surface area (Å²) < 4.78 is 28.4. The highest BCUT2D eigenvalue weighted by molar-refractivity contribution is 7.90. The molecule has 0 aliphatic carbocycles. The Morgan fingerprint density at radius 1 is 1.29 bits per heavy atom. The molecular formula is C13H22BNO5S. The predicted molar refractivity (Wildman–Crippen MR) is 81.2 cm³/mol. The summed E-state index contributed by atoms with van der Waals surface area (Å²) in [5, 5.41) is 20.1. The van der Waals surface area contributed by atoms with Gasteiger partial charge in [-0.05, 0) is 46.2 Å². The zero-order valence-electron chi connectivity index (χ0n) is 13.2. The molecule has 0 atom stereocenters. The first kappa shape index (κ1) is 18.1. The van der Waals surface area contributed by atoms with Crippen LogP contribution in [0.2, 0.25) is 0 Å². The van der Waals surface area contributed by atoms with Crippen molar-refractivity contribution in [2.45, 2.75) is 50.8 Å². The molecule has 0 saturated heterocycles. The van der Waals surface area contributed by atoms with Gasteiger partial charge in [0.1, 0.15) is 0 Å². The average Bonchev–Trinajstić information content (AvgIpc) is 2.24. The van der Waals surface area contributed by atoms with Crippen LogP contribution < -0.4 is 5.46 Å². The zero-order valence-corrected chi connectivity index (χ0v) is 14.0. The van der Waals surface area contributed by atoms with Crippen LogP contribution in [-0.4, -0.2) is 48.1 Å². The Kier molecular flexibility index (Phi) is 4.89. The Balaban J connectivity index is 3.08. The minimum absolute atomic E-state index is 0.0577. The summed E-state index contributed by atoms with van der Waals surface area (Å²) in [6.45, 7) is 8.14. The lowest BCUT2D eigenvalue weighted by molar-refractivity contribution is -0.0982. The summed E-state index contributed by atoms with van der Waals surface area (Å²) in [6, 6.07) is 1.38. The van der Waals surface area contributed by atoms with Gasteiger partial charge in [0.25, 0.3) is 0 Å². The third-order valence-corrected chi connectivity index (χ3v) is 4.63. The number of aryl methyl sites for hydroxylation is 1. The number of aliphatic hydroxyl groups is 1. The third kappa shape index (κ3) is 4.26. The summed E-state index contributed by atoms with van der Waals surface area (Å²) >= 11 is 0. The van der Waals surface area contributed by atoms with Gasteiger partial charge in [-0.25, -0.2) is 13.4 Å². The summed E-state index contributed by atoms with van der Waals surface area (Å²) in [5.41, 5.74) is -1.26. The molecule has 0 unspecified atom stereocenters. The van der Waals surface area contributed by atoms with E-state index in [0.717, 1.165) is 6.26 Å². The molecule has 1 rings (SSSR count). The fraction of sp³-hybridized carbons (Fsp3) is 0.615. The molecule has 0 fully saturated rings. The Bertz CT molecular complexity index is 622. The molecule has 0 aliphatic rings. The standard InChI is InChI=1S/C13H22BNO5S/c1-9-7-11(21(6,18)19)15-8-10(9)14(17)20-13(4,5)12(2,3)16/h7-8,16-17H,1-6H3. The van der Waals surface area contributed by atoms with Gasteiger partial charge in [0.2, 0.25) is 0 Å². The summed E-state index contributed by atoms with van der Waals surface area (Å²) in [4.78, 5) is 3.83. The Labute approximate surface area is 126 Å². The Hall–Kier alpha value is -0.955. The molecule has 0 bridgehead atoms. The van der Waals surface area contributed by atoms with E-state index in [2.05, 4.69) is 4.98 Å². The van der Waals surface area contributed by atoms with Gasteiger partial charge in [0.15, 0.2) is 14.9 Å². The molecule has 118 valence electrons. The van der Waals surface area contributed by atoms with Crippen molar-refractivity contribution in [1.82, 2.24) is 4.98 Å². The molecule has 6 nitrogen and oxygen atoms in total. The van der Waals surface area contributed by atoms with Crippen LogP contribution in [0.25, 0.3) is 0 Å². The van der Waals surface area contributed by atoms with E-state index in [1.165, 1.54) is 12.3 Å². The molecule has 1 aromatic heterocycles. The highest BCUT2D eigenvalue weighted by atomic mass is 32.2. The van der Waals surface area contributed by atoms with Crippen molar-refractivity contribution < 1.29 is 23.2 Å². The quantitative estimate of drug-likeness (QED) is 0.745. The van der Waals surface area contributed by atoms with E-state index in [9.17, 15) is 18.5 Å². The number of nitrogens with zero attached hydrogens (tertiary/aromatic N) is 1. The van der Waals surface area contributed by atoms with Gasteiger partial charge in [-0.3, -0.25) is 0 Å². The van der Waals surface area contributed by atoms with Crippen LogP contribution in [0.15, 0.2) is 17.3 Å². The first-order chi connectivity index (χ1) is 9.25. The molecule has 1 aromatic rings. The van der Waals surface area contributed by atoms with Gasteiger partial charge in [-0.1, -0.05) is 0 Å². The van der Waals surface area contributed by atoms with E-state index in [1.807, 2.05) is 0 Å². The third-order valence-electron chi connectivity index (χ3n) is 3.65. The molecule has 0 radical (unpaired) electrons. The predicted octanol–water partition coefficient (Wildman–Crippen LogP) is 0.0471. The maximum Gasteiger partial charge on any atom is 0.493 e. The number of aromatic nitrogens is 1. The molecule has 0 aliphatic heterocycles. The fourth-order valence-corrected chi connectivity index (χ4v) is 2.12. The van der Waals surface area contributed by atoms with Crippen molar-refractivity contribution in [3.63, 3.8) is 0 Å². The van der Waals surface area contributed by atoms with Crippen molar-refractivity contribution in [2.24, 2.45) is 0 Å². The van der Waals surface area contributed by atoms with Crippen LogP contribution in [0.1, 0.15) is 33.3 Å².